The van der Waals surface area contributed by atoms with Gasteiger partial charge in [0.2, 0.25) is 5.44 Å². The molecule has 0 spiro atoms. The van der Waals surface area contributed by atoms with Gasteiger partial charge in [0.15, 0.2) is 0 Å². The Morgan fingerprint density at radius 3 is 2.07 bits per heavy atom. The quantitative estimate of drug-likeness (QED) is 0.321. The molecule has 86 valence electrons. The summed E-state index contributed by atoms with van der Waals surface area (Å²) in [6.45, 7) is 0.705. The fourth-order valence-electron chi connectivity index (χ4n) is 0.499. The van der Waals surface area contributed by atoms with Gasteiger partial charge in [-0.1, -0.05) is 0 Å². The number of carbonyl (C=O) groups is 3. The first-order valence-electron chi connectivity index (χ1n) is 3.66. The van der Waals surface area contributed by atoms with Gasteiger partial charge in [0.1, 0.15) is 0 Å². The van der Waals surface area contributed by atoms with E-state index < -0.39 is 28.9 Å². The highest BCUT2D eigenvalue weighted by Gasteiger charge is 2.42. The molecular weight excluding hydrogens is 228 g/mol. The summed E-state index contributed by atoms with van der Waals surface area (Å²) < 4.78 is 4.28. The summed E-state index contributed by atoms with van der Waals surface area (Å²) in [5, 5.41) is 26.0. The van der Waals surface area contributed by atoms with Crippen LogP contribution in [0.3, 0.4) is 0 Å². The summed E-state index contributed by atoms with van der Waals surface area (Å²) >= 11 is 0.688. The normalized spacial score (nSPS) is 16.2. The van der Waals surface area contributed by atoms with E-state index in [0.717, 1.165) is 0 Å². The van der Waals surface area contributed by atoms with Crippen LogP contribution in [0.2, 0.25) is 0 Å². The summed E-state index contributed by atoms with van der Waals surface area (Å²) in [5.74, 6) is -4.76. The van der Waals surface area contributed by atoms with Crippen LogP contribution in [0.5, 0.6) is 0 Å². The average molecular weight is 238 g/mol. The summed E-state index contributed by atoms with van der Waals surface area (Å²) in [6, 6.07) is 0. The third-order valence-corrected chi connectivity index (χ3v) is 2.17. The Hall–Kier alpha value is -1.28. The van der Waals surface area contributed by atoms with E-state index in [4.69, 9.17) is 15.3 Å². The van der Waals surface area contributed by atoms with Crippen molar-refractivity contribution in [3.63, 3.8) is 0 Å². The lowest BCUT2D eigenvalue weighted by Gasteiger charge is -2.18. The largest absolute Gasteiger partial charge is 0.479 e. The number of hydrogen-bond acceptors (Lipinski definition) is 6. The van der Waals surface area contributed by atoms with Gasteiger partial charge in [0.25, 0.3) is 5.60 Å². The number of carboxylic acids is 2. The molecule has 0 saturated heterocycles. The van der Waals surface area contributed by atoms with Crippen LogP contribution in [-0.2, 0) is 19.1 Å². The summed E-state index contributed by atoms with van der Waals surface area (Å²) in [6.07, 6.45) is 1.36. The minimum absolute atomic E-state index is 0.688. The van der Waals surface area contributed by atoms with Gasteiger partial charge in [0, 0.05) is 0 Å². The van der Waals surface area contributed by atoms with E-state index in [-0.39, 0.29) is 0 Å². The maximum Gasteiger partial charge on any atom is 0.355 e. The van der Waals surface area contributed by atoms with Gasteiger partial charge in [0.05, 0.1) is 0 Å². The number of hydrogen-bond donors (Lipinski definition) is 3. The van der Waals surface area contributed by atoms with Crippen LogP contribution in [0, 0.1) is 0 Å². The molecule has 0 aliphatic heterocycles. The Balaban J connectivity index is 4.61. The molecule has 0 radical (unpaired) electrons. The van der Waals surface area contributed by atoms with Crippen LogP contribution in [0.1, 0.15) is 6.92 Å². The topological polar surface area (TPSA) is 121 Å². The highest BCUT2D eigenvalue weighted by molar-refractivity contribution is 7.99. The number of thioether (sulfide) groups is 1. The molecule has 0 aliphatic rings. The molecule has 2 unspecified atom stereocenters. The van der Waals surface area contributed by atoms with Crippen LogP contribution < -0.4 is 0 Å². The lowest BCUT2D eigenvalue weighted by atomic mass is 10.1. The highest BCUT2D eigenvalue weighted by atomic mass is 32.2. The maximum absolute atomic E-state index is 11.1. The molecule has 0 heterocycles. The van der Waals surface area contributed by atoms with Crippen molar-refractivity contribution in [2.45, 2.75) is 18.0 Å². The molecular formula is C7H10O7S. The molecule has 0 aromatic heterocycles. The second-order valence-corrected chi connectivity index (χ2v) is 3.59. The van der Waals surface area contributed by atoms with Crippen LogP contribution in [0.15, 0.2) is 0 Å². The first kappa shape index (κ1) is 13.7. The zero-order valence-electron chi connectivity index (χ0n) is 7.96. The molecule has 7 nitrogen and oxygen atoms in total. The Kier molecular flexibility index (Phi) is 4.56. The number of aliphatic hydroxyl groups is 1. The van der Waals surface area contributed by atoms with Crippen LogP contribution in [0.25, 0.3) is 0 Å². The number of esters is 1. The molecule has 0 fully saturated rings. The van der Waals surface area contributed by atoms with Crippen LogP contribution in [0.4, 0.5) is 0 Å². The van der Waals surface area contributed by atoms with Crippen molar-refractivity contribution in [2.75, 3.05) is 6.26 Å². The Morgan fingerprint density at radius 2 is 1.80 bits per heavy atom. The second-order valence-electron chi connectivity index (χ2n) is 2.69. The van der Waals surface area contributed by atoms with E-state index >= 15 is 0 Å². The Labute approximate surface area is 89.0 Å². The molecule has 8 heteroatoms. The van der Waals surface area contributed by atoms with E-state index in [0.29, 0.717) is 18.7 Å². The number of carbonyl (C=O) groups excluding carboxylic acids is 1. The standard InChI is InChI=1S/C7H10O7S/c1-7(13,5(10)11)6(12)14-4(15-2)3(8)9/h4,13H,1-2H3,(H,8,9)(H,10,11). The van der Waals surface area contributed by atoms with Crippen molar-refractivity contribution in [1.82, 2.24) is 0 Å². The first-order chi connectivity index (χ1) is 6.73. The third-order valence-electron chi connectivity index (χ3n) is 1.44. The zero-order chi connectivity index (χ0) is 12.2. The van der Waals surface area contributed by atoms with E-state index in [1.807, 2.05) is 0 Å². The van der Waals surface area contributed by atoms with Crippen molar-refractivity contribution in [3.05, 3.63) is 0 Å². The smallest absolute Gasteiger partial charge is 0.355 e. The Morgan fingerprint density at radius 1 is 1.33 bits per heavy atom. The first-order valence-corrected chi connectivity index (χ1v) is 4.94. The minimum atomic E-state index is -2.75. The van der Waals surface area contributed by atoms with Gasteiger partial charge in [-0.2, -0.15) is 0 Å². The zero-order valence-corrected chi connectivity index (χ0v) is 8.78. The fraction of sp³-hybridized carbons (Fsp3) is 0.571. The number of rotatable bonds is 5. The van der Waals surface area contributed by atoms with E-state index in [9.17, 15) is 14.4 Å². The lowest BCUT2D eigenvalue weighted by molar-refractivity contribution is -0.181. The molecule has 0 saturated carbocycles. The molecule has 0 rings (SSSR count). The average Bonchev–Trinajstić information content (AvgIpc) is 2.12. The lowest BCUT2D eigenvalue weighted by Crippen LogP contribution is -2.46. The highest BCUT2D eigenvalue weighted by Crippen LogP contribution is 2.14. The predicted octanol–water partition coefficient (Wildman–Crippen LogP) is -0.861. The van der Waals surface area contributed by atoms with Crippen molar-refractivity contribution in [1.29, 1.82) is 0 Å². The van der Waals surface area contributed by atoms with Crippen molar-refractivity contribution in [2.24, 2.45) is 0 Å². The van der Waals surface area contributed by atoms with Gasteiger partial charge < -0.3 is 20.1 Å². The monoisotopic (exact) mass is 238 g/mol. The van der Waals surface area contributed by atoms with Crippen molar-refractivity contribution >= 4 is 29.7 Å². The third kappa shape index (κ3) is 3.40. The van der Waals surface area contributed by atoms with Crippen LogP contribution >= 0.6 is 11.8 Å². The molecule has 2 atom stereocenters. The summed E-state index contributed by atoms with van der Waals surface area (Å²) in [4.78, 5) is 31.9. The molecule has 0 aromatic rings. The van der Waals surface area contributed by atoms with Gasteiger partial charge in [-0.3, -0.25) is 0 Å². The minimum Gasteiger partial charge on any atom is -0.479 e. The number of aliphatic carboxylic acids is 2. The molecule has 0 aliphatic carbocycles. The van der Waals surface area contributed by atoms with Crippen LogP contribution in [-0.4, -0.2) is 50.5 Å². The van der Waals surface area contributed by atoms with Gasteiger partial charge in [-0.05, 0) is 13.2 Å². The SMILES string of the molecule is CSC(OC(=O)C(C)(O)C(=O)O)C(=O)O. The molecule has 0 aromatic carbocycles. The summed E-state index contributed by atoms with van der Waals surface area (Å²) in [5.41, 5.74) is -4.29. The summed E-state index contributed by atoms with van der Waals surface area (Å²) in [7, 11) is 0. The molecule has 0 amide bonds. The fourth-order valence-corrected chi connectivity index (χ4v) is 0.884. The molecule has 0 bridgehead atoms. The van der Waals surface area contributed by atoms with E-state index in [1.165, 1.54) is 6.26 Å². The van der Waals surface area contributed by atoms with Gasteiger partial charge >= 0.3 is 17.9 Å². The predicted molar refractivity (Wildman–Crippen MR) is 49.3 cm³/mol. The van der Waals surface area contributed by atoms with Gasteiger partial charge in [-0.15, -0.1) is 11.8 Å². The number of carboxylic acid groups (broad SMARTS) is 2. The van der Waals surface area contributed by atoms with E-state index in [1.54, 1.807) is 0 Å². The number of ether oxygens (including phenoxy) is 1. The maximum atomic E-state index is 11.1. The molecule has 15 heavy (non-hydrogen) atoms. The van der Waals surface area contributed by atoms with Gasteiger partial charge in [-0.25, -0.2) is 14.4 Å². The Bertz CT molecular complexity index is 285. The molecule has 3 N–H and O–H groups in total. The van der Waals surface area contributed by atoms with Crippen molar-refractivity contribution in [3.8, 4) is 0 Å². The van der Waals surface area contributed by atoms with Crippen molar-refractivity contribution < 1.29 is 34.4 Å². The van der Waals surface area contributed by atoms with E-state index in [2.05, 4.69) is 4.74 Å². The second kappa shape index (κ2) is 4.99.